The first kappa shape index (κ1) is 59.3. The highest BCUT2D eigenvalue weighted by Crippen LogP contribution is 2.14. The molecule has 358 valence electrons. The summed E-state index contributed by atoms with van der Waals surface area (Å²) in [5, 5.41) is 0. The predicted octanol–water partition coefficient (Wildman–Crippen LogP) is 17.9. The number of rotatable bonds is 48. The van der Waals surface area contributed by atoms with Crippen molar-refractivity contribution in [3.05, 3.63) is 72.9 Å². The lowest BCUT2D eigenvalue weighted by Gasteiger charge is -2.18. The van der Waals surface area contributed by atoms with Gasteiger partial charge in [-0.25, -0.2) is 0 Å². The SMILES string of the molecule is CC/C=C\C/C=C\C/C=C\CCCCCCCCOCC(COC(=O)CCCCCCCCC/C=C\C/C=C\CCCCC)OC(=O)CCCCCCC/C=C\CCCCCC. The van der Waals surface area contributed by atoms with E-state index >= 15 is 0 Å². The fourth-order valence-electron chi connectivity index (χ4n) is 7.25. The highest BCUT2D eigenvalue weighted by Gasteiger charge is 2.17. The lowest BCUT2D eigenvalue weighted by atomic mass is 10.1. The molecule has 62 heavy (non-hydrogen) atoms. The zero-order chi connectivity index (χ0) is 44.9. The molecule has 0 aromatic heterocycles. The largest absolute Gasteiger partial charge is 0.462 e. The Morgan fingerprint density at radius 1 is 0.371 bits per heavy atom. The Hall–Kier alpha value is -2.66. The quantitative estimate of drug-likeness (QED) is 0.0346. The van der Waals surface area contributed by atoms with Crippen LogP contribution in [0.2, 0.25) is 0 Å². The molecular formula is C57H100O5. The number of allylic oxidation sites excluding steroid dienone is 12. The number of esters is 2. The Labute approximate surface area is 385 Å². The van der Waals surface area contributed by atoms with Crippen molar-refractivity contribution >= 4 is 11.9 Å². The summed E-state index contributed by atoms with van der Waals surface area (Å²) in [6, 6.07) is 0. The number of carbonyl (C=O) groups excluding carboxylic acids is 2. The molecule has 5 heteroatoms. The number of hydrogen-bond donors (Lipinski definition) is 0. The van der Waals surface area contributed by atoms with E-state index in [1.165, 1.54) is 128 Å². The van der Waals surface area contributed by atoms with Crippen LogP contribution in [0.4, 0.5) is 0 Å². The van der Waals surface area contributed by atoms with E-state index in [0.717, 1.165) is 89.9 Å². The molecule has 0 amide bonds. The molecule has 0 aromatic carbocycles. The lowest BCUT2D eigenvalue weighted by Crippen LogP contribution is -2.30. The van der Waals surface area contributed by atoms with Crippen LogP contribution in [-0.2, 0) is 23.8 Å². The molecule has 1 unspecified atom stereocenters. The second kappa shape index (κ2) is 52.7. The van der Waals surface area contributed by atoms with Gasteiger partial charge in [-0.3, -0.25) is 9.59 Å². The Bertz CT molecular complexity index is 1110. The van der Waals surface area contributed by atoms with Gasteiger partial charge in [0, 0.05) is 19.4 Å². The molecule has 5 nitrogen and oxygen atoms in total. The first-order valence-corrected chi connectivity index (χ1v) is 26.5. The highest BCUT2D eigenvalue weighted by molar-refractivity contribution is 5.70. The first-order chi connectivity index (χ1) is 30.6. The van der Waals surface area contributed by atoms with Gasteiger partial charge in [-0.15, -0.1) is 0 Å². The molecule has 0 saturated carbocycles. The maximum atomic E-state index is 12.8. The summed E-state index contributed by atoms with van der Waals surface area (Å²) < 4.78 is 17.4. The van der Waals surface area contributed by atoms with Gasteiger partial charge in [-0.1, -0.05) is 203 Å². The topological polar surface area (TPSA) is 61.8 Å². The Morgan fingerprint density at radius 2 is 0.726 bits per heavy atom. The smallest absolute Gasteiger partial charge is 0.306 e. The molecule has 0 fully saturated rings. The molecule has 0 radical (unpaired) electrons. The van der Waals surface area contributed by atoms with E-state index in [1.807, 2.05) is 0 Å². The van der Waals surface area contributed by atoms with Crippen LogP contribution in [-0.4, -0.2) is 37.9 Å². The van der Waals surface area contributed by atoms with Crippen molar-refractivity contribution in [1.82, 2.24) is 0 Å². The minimum absolute atomic E-state index is 0.0709. The van der Waals surface area contributed by atoms with Crippen molar-refractivity contribution in [3.63, 3.8) is 0 Å². The third-order valence-corrected chi connectivity index (χ3v) is 11.2. The Morgan fingerprint density at radius 3 is 1.21 bits per heavy atom. The van der Waals surface area contributed by atoms with Crippen LogP contribution in [0.15, 0.2) is 72.9 Å². The summed E-state index contributed by atoms with van der Waals surface area (Å²) >= 11 is 0. The second-order valence-corrected chi connectivity index (χ2v) is 17.4. The fraction of sp³-hybridized carbons (Fsp3) is 0.754. The lowest BCUT2D eigenvalue weighted by molar-refractivity contribution is -0.163. The average Bonchev–Trinajstić information content (AvgIpc) is 3.27. The number of unbranched alkanes of at least 4 members (excludes halogenated alkanes) is 25. The van der Waals surface area contributed by atoms with Crippen molar-refractivity contribution < 1.29 is 23.8 Å². The summed E-state index contributed by atoms with van der Waals surface area (Å²) in [5.74, 6) is -0.420. The van der Waals surface area contributed by atoms with Gasteiger partial charge in [0.1, 0.15) is 6.61 Å². The van der Waals surface area contributed by atoms with Crippen molar-refractivity contribution in [2.24, 2.45) is 0 Å². The van der Waals surface area contributed by atoms with Crippen LogP contribution in [0.1, 0.15) is 252 Å². The van der Waals surface area contributed by atoms with Gasteiger partial charge >= 0.3 is 11.9 Å². The molecule has 0 rings (SSSR count). The molecule has 0 N–H and O–H groups in total. The van der Waals surface area contributed by atoms with Gasteiger partial charge in [0.05, 0.1) is 6.61 Å². The summed E-state index contributed by atoms with van der Waals surface area (Å²) in [4.78, 5) is 25.4. The zero-order valence-electron chi connectivity index (χ0n) is 41.1. The zero-order valence-corrected chi connectivity index (χ0v) is 41.1. The van der Waals surface area contributed by atoms with Crippen molar-refractivity contribution in [3.8, 4) is 0 Å². The van der Waals surface area contributed by atoms with E-state index in [1.54, 1.807) is 0 Å². The van der Waals surface area contributed by atoms with Gasteiger partial charge in [-0.2, -0.15) is 0 Å². The maximum Gasteiger partial charge on any atom is 0.306 e. The van der Waals surface area contributed by atoms with Crippen LogP contribution < -0.4 is 0 Å². The number of ether oxygens (including phenoxy) is 3. The van der Waals surface area contributed by atoms with E-state index in [0.29, 0.717) is 19.4 Å². The molecule has 0 spiro atoms. The summed E-state index contributed by atoms with van der Waals surface area (Å²) in [6.07, 6.45) is 67.6. The Kier molecular flexibility index (Phi) is 50.4. The molecule has 0 aromatic rings. The third-order valence-electron chi connectivity index (χ3n) is 11.2. The summed E-state index contributed by atoms with van der Waals surface area (Å²) in [7, 11) is 0. The molecule has 0 aliphatic heterocycles. The minimum atomic E-state index is -0.552. The van der Waals surface area contributed by atoms with E-state index in [-0.39, 0.29) is 25.2 Å². The van der Waals surface area contributed by atoms with Crippen LogP contribution in [0.25, 0.3) is 0 Å². The molecule has 0 aliphatic carbocycles. The molecule has 0 bridgehead atoms. The normalized spacial score (nSPS) is 12.8. The summed E-state index contributed by atoms with van der Waals surface area (Å²) in [5.41, 5.74) is 0. The van der Waals surface area contributed by atoms with Crippen molar-refractivity contribution in [1.29, 1.82) is 0 Å². The van der Waals surface area contributed by atoms with E-state index in [9.17, 15) is 9.59 Å². The average molecular weight is 865 g/mol. The van der Waals surface area contributed by atoms with Crippen LogP contribution in [0, 0.1) is 0 Å². The van der Waals surface area contributed by atoms with Crippen molar-refractivity contribution in [2.75, 3.05) is 19.8 Å². The van der Waals surface area contributed by atoms with Crippen LogP contribution in [0.5, 0.6) is 0 Å². The monoisotopic (exact) mass is 865 g/mol. The van der Waals surface area contributed by atoms with Gasteiger partial charge < -0.3 is 14.2 Å². The molecule has 0 saturated heterocycles. The minimum Gasteiger partial charge on any atom is -0.462 e. The number of hydrogen-bond acceptors (Lipinski definition) is 5. The standard InChI is InChI=1S/C57H100O5/c1-4-7-10-13-16-19-22-25-27-29-30-33-35-38-41-44-47-50-56(58)61-54-55(62-57(59)51-48-45-42-39-36-32-24-21-18-15-12-9-6-3)53-60-52-49-46-43-40-37-34-31-28-26-23-20-17-14-11-8-5-2/h8,11,16-17,19-21,24-28,55H,4-7,9-10,12-15,18,22-23,29-54H2,1-3H3/b11-8-,19-16-,20-17-,24-21-,27-25-,28-26-. The molecule has 0 aliphatic rings. The Balaban J connectivity index is 4.30. The fourth-order valence-corrected chi connectivity index (χ4v) is 7.25. The van der Waals surface area contributed by atoms with Crippen molar-refractivity contribution in [2.45, 2.75) is 258 Å². The summed E-state index contributed by atoms with van der Waals surface area (Å²) in [6.45, 7) is 7.65. The third kappa shape index (κ3) is 50.0. The van der Waals surface area contributed by atoms with Crippen LogP contribution >= 0.6 is 0 Å². The number of carbonyl (C=O) groups is 2. The molecule has 1 atom stereocenters. The van der Waals surface area contributed by atoms with E-state index in [2.05, 4.69) is 93.7 Å². The maximum absolute atomic E-state index is 12.8. The van der Waals surface area contributed by atoms with E-state index in [4.69, 9.17) is 14.2 Å². The van der Waals surface area contributed by atoms with Gasteiger partial charge in [0.2, 0.25) is 0 Å². The highest BCUT2D eigenvalue weighted by atomic mass is 16.6. The predicted molar refractivity (Wildman–Crippen MR) is 270 cm³/mol. The van der Waals surface area contributed by atoms with E-state index < -0.39 is 6.10 Å². The van der Waals surface area contributed by atoms with Gasteiger partial charge in [0.15, 0.2) is 6.10 Å². The molecular weight excluding hydrogens is 765 g/mol. The van der Waals surface area contributed by atoms with Crippen LogP contribution in [0.3, 0.4) is 0 Å². The second-order valence-electron chi connectivity index (χ2n) is 17.4. The molecule has 0 heterocycles. The van der Waals surface area contributed by atoms with Gasteiger partial charge in [0.25, 0.3) is 0 Å². The van der Waals surface area contributed by atoms with Gasteiger partial charge in [-0.05, 0) is 109 Å². The first-order valence-electron chi connectivity index (χ1n) is 26.5.